The highest BCUT2D eigenvalue weighted by molar-refractivity contribution is 5.85. The maximum atomic E-state index is 11.7. The predicted molar refractivity (Wildman–Crippen MR) is 73.7 cm³/mol. The molecule has 0 saturated carbocycles. The van der Waals surface area contributed by atoms with Crippen LogP contribution in [0, 0.1) is 12.8 Å². The maximum absolute atomic E-state index is 11.7. The first kappa shape index (κ1) is 15.2. The van der Waals surface area contributed by atoms with Gasteiger partial charge >= 0.3 is 5.97 Å². The van der Waals surface area contributed by atoms with Crippen LogP contribution in [-0.2, 0) is 20.7 Å². The van der Waals surface area contributed by atoms with Gasteiger partial charge in [-0.25, -0.2) is 4.79 Å². The molecule has 0 aliphatic heterocycles. The van der Waals surface area contributed by atoms with Gasteiger partial charge in [-0.3, -0.25) is 4.79 Å². The van der Waals surface area contributed by atoms with Gasteiger partial charge in [0.05, 0.1) is 7.11 Å². The average molecular weight is 263 g/mol. The van der Waals surface area contributed by atoms with E-state index in [1.807, 2.05) is 31.2 Å². The molecule has 0 unspecified atom stereocenters. The Morgan fingerprint density at radius 2 is 2.00 bits per heavy atom. The van der Waals surface area contributed by atoms with Gasteiger partial charge in [-0.2, -0.15) is 0 Å². The van der Waals surface area contributed by atoms with Crippen molar-refractivity contribution in [2.75, 3.05) is 7.11 Å². The second kappa shape index (κ2) is 6.92. The second-order valence-corrected chi connectivity index (χ2v) is 4.93. The summed E-state index contributed by atoms with van der Waals surface area (Å²) < 4.78 is 4.74. The molecule has 0 heterocycles. The number of ether oxygens (including phenoxy) is 1. The molecule has 1 aromatic rings. The van der Waals surface area contributed by atoms with E-state index in [0.29, 0.717) is 6.42 Å². The number of hydrogen-bond acceptors (Lipinski definition) is 3. The van der Waals surface area contributed by atoms with E-state index in [4.69, 9.17) is 4.74 Å². The summed E-state index contributed by atoms with van der Waals surface area (Å²) in [7, 11) is 1.33. The zero-order valence-electron chi connectivity index (χ0n) is 11.9. The van der Waals surface area contributed by atoms with Crippen molar-refractivity contribution in [3.63, 3.8) is 0 Å². The first-order valence-corrected chi connectivity index (χ1v) is 6.37. The van der Waals surface area contributed by atoms with Crippen molar-refractivity contribution < 1.29 is 14.3 Å². The summed E-state index contributed by atoms with van der Waals surface area (Å²) in [6, 6.07) is 7.22. The minimum absolute atomic E-state index is 0.150. The van der Waals surface area contributed by atoms with Crippen molar-refractivity contribution in [3.05, 3.63) is 35.4 Å². The molecule has 0 saturated heterocycles. The molecule has 4 nitrogen and oxygen atoms in total. The van der Waals surface area contributed by atoms with E-state index in [2.05, 4.69) is 5.32 Å². The van der Waals surface area contributed by atoms with Gasteiger partial charge in [0, 0.05) is 12.3 Å². The smallest absolute Gasteiger partial charge is 0.328 e. The van der Waals surface area contributed by atoms with E-state index in [0.717, 1.165) is 11.1 Å². The fourth-order valence-electron chi connectivity index (χ4n) is 1.75. The molecule has 0 spiro atoms. The number of carbonyl (C=O) groups is 2. The highest BCUT2D eigenvalue weighted by Gasteiger charge is 2.22. The van der Waals surface area contributed by atoms with Crippen molar-refractivity contribution in [3.8, 4) is 0 Å². The molecule has 104 valence electrons. The fraction of sp³-hybridized carbons (Fsp3) is 0.467. The lowest BCUT2D eigenvalue weighted by atomic mass is 10.0. The first-order chi connectivity index (χ1) is 8.93. The summed E-state index contributed by atoms with van der Waals surface area (Å²) >= 11 is 0. The van der Waals surface area contributed by atoms with E-state index in [1.165, 1.54) is 7.11 Å². The molecule has 1 N–H and O–H groups in total. The van der Waals surface area contributed by atoms with E-state index in [9.17, 15) is 9.59 Å². The summed E-state index contributed by atoms with van der Waals surface area (Å²) in [5.41, 5.74) is 2.12. The van der Waals surface area contributed by atoms with Crippen molar-refractivity contribution in [1.29, 1.82) is 0 Å². The van der Waals surface area contributed by atoms with Crippen LogP contribution in [0.3, 0.4) is 0 Å². The highest BCUT2D eigenvalue weighted by Crippen LogP contribution is 2.08. The molecule has 0 fully saturated rings. The molecule has 4 heteroatoms. The monoisotopic (exact) mass is 263 g/mol. The van der Waals surface area contributed by atoms with E-state index < -0.39 is 12.0 Å². The zero-order chi connectivity index (χ0) is 14.4. The number of rotatable bonds is 5. The molecule has 1 rings (SSSR count). The standard InChI is InChI=1S/C15H21NO3/c1-10(2)14(17)16-13(15(18)19-4)9-12-7-5-6-11(3)8-12/h5-8,10,13H,9H2,1-4H3,(H,16,17)/t13-/m1/s1. The molecule has 0 radical (unpaired) electrons. The van der Waals surface area contributed by atoms with Crippen LogP contribution < -0.4 is 5.32 Å². The summed E-state index contributed by atoms with van der Waals surface area (Å²) in [4.78, 5) is 23.4. The Hall–Kier alpha value is -1.84. The SMILES string of the molecule is COC(=O)[C@@H](Cc1cccc(C)c1)NC(=O)C(C)C. The maximum Gasteiger partial charge on any atom is 0.328 e. The Morgan fingerprint density at radius 1 is 1.32 bits per heavy atom. The Morgan fingerprint density at radius 3 is 2.53 bits per heavy atom. The molecular formula is C15H21NO3. The minimum Gasteiger partial charge on any atom is -0.467 e. The van der Waals surface area contributed by atoms with Crippen molar-refractivity contribution in [2.24, 2.45) is 5.92 Å². The topological polar surface area (TPSA) is 55.4 Å². The van der Waals surface area contributed by atoms with Crippen molar-refractivity contribution in [1.82, 2.24) is 5.32 Å². The average Bonchev–Trinajstić information content (AvgIpc) is 2.36. The van der Waals surface area contributed by atoms with Crippen LogP contribution in [0.5, 0.6) is 0 Å². The lowest BCUT2D eigenvalue weighted by molar-refractivity contribution is -0.145. The second-order valence-electron chi connectivity index (χ2n) is 4.93. The van der Waals surface area contributed by atoms with Crippen molar-refractivity contribution >= 4 is 11.9 Å². The zero-order valence-corrected chi connectivity index (χ0v) is 11.9. The molecule has 0 aliphatic carbocycles. The molecule has 0 bridgehead atoms. The van der Waals surface area contributed by atoms with Gasteiger partial charge in [0.25, 0.3) is 0 Å². The van der Waals surface area contributed by atoms with Gasteiger partial charge < -0.3 is 10.1 Å². The van der Waals surface area contributed by atoms with Gasteiger partial charge in [0.1, 0.15) is 6.04 Å². The highest BCUT2D eigenvalue weighted by atomic mass is 16.5. The number of nitrogens with one attached hydrogen (secondary N) is 1. The Labute approximate surface area is 114 Å². The van der Waals surface area contributed by atoms with Gasteiger partial charge in [-0.15, -0.1) is 0 Å². The molecule has 1 atom stereocenters. The molecule has 19 heavy (non-hydrogen) atoms. The van der Waals surface area contributed by atoms with Gasteiger partial charge in [0.2, 0.25) is 5.91 Å². The number of benzene rings is 1. The number of amides is 1. The summed E-state index contributed by atoms with van der Waals surface area (Å²) in [6.45, 7) is 5.57. The van der Waals surface area contributed by atoms with Crippen molar-refractivity contribution in [2.45, 2.75) is 33.2 Å². The van der Waals surface area contributed by atoms with Gasteiger partial charge in [-0.05, 0) is 12.5 Å². The van der Waals surface area contributed by atoms with Gasteiger partial charge in [0.15, 0.2) is 0 Å². The predicted octanol–water partition coefficient (Wildman–Crippen LogP) is 1.85. The molecule has 0 aliphatic rings. The third-order valence-corrected chi connectivity index (χ3v) is 2.85. The number of carbonyl (C=O) groups excluding carboxylic acids is 2. The normalized spacial score (nSPS) is 12.1. The number of esters is 1. The number of methoxy groups -OCH3 is 1. The Kier molecular flexibility index (Phi) is 5.55. The molecule has 1 amide bonds. The van der Waals surface area contributed by atoms with Crippen LogP contribution in [-0.4, -0.2) is 25.0 Å². The van der Waals surface area contributed by atoms with E-state index in [-0.39, 0.29) is 11.8 Å². The van der Waals surface area contributed by atoms with Crippen LogP contribution >= 0.6 is 0 Å². The summed E-state index contributed by atoms with van der Waals surface area (Å²) in [5, 5.41) is 2.72. The lowest BCUT2D eigenvalue weighted by Crippen LogP contribution is -2.44. The third kappa shape index (κ3) is 4.73. The Bertz CT molecular complexity index is 454. The van der Waals surface area contributed by atoms with E-state index >= 15 is 0 Å². The quantitative estimate of drug-likeness (QED) is 0.825. The van der Waals surface area contributed by atoms with Crippen LogP contribution in [0.4, 0.5) is 0 Å². The first-order valence-electron chi connectivity index (χ1n) is 6.37. The van der Waals surface area contributed by atoms with Gasteiger partial charge in [-0.1, -0.05) is 43.7 Å². The molecule has 0 aromatic heterocycles. The fourth-order valence-corrected chi connectivity index (χ4v) is 1.75. The van der Waals surface area contributed by atoms with Crippen LogP contribution in [0.15, 0.2) is 24.3 Å². The number of aryl methyl sites for hydroxylation is 1. The third-order valence-electron chi connectivity index (χ3n) is 2.85. The summed E-state index contributed by atoms with van der Waals surface area (Å²) in [5.74, 6) is -0.733. The minimum atomic E-state index is -0.637. The van der Waals surface area contributed by atoms with E-state index in [1.54, 1.807) is 13.8 Å². The van der Waals surface area contributed by atoms with Crippen LogP contribution in [0.1, 0.15) is 25.0 Å². The molecular weight excluding hydrogens is 242 g/mol. The lowest BCUT2D eigenvalue weighted by Gasteiger charge is -2.18. The largest absolute Gasteiger partial charge is 0.467 e. The number of hydrogen-bond donors (Lipinski definition) is 1. The van der Waals surface area contributed by atoms with Crippen LogP contribution in [0.2, 0.25) is 0 Å². The Balaban J connectivity index is 2.80. The summed E-state index contributed by atoms with van der Waals surface area (Å²) in [6.07, 6.45) is 0.437. The van der Waals surface area contributed by atoms with Crippen LogP contribution in [0.25, 0.3) is 0 Å². The molecule has 1 aromatic carbocycles.